The molecule has 0 bridgehead atoms. The fourth-order valence-corrected chi connectivity index (χ4v) is 2.12. The molecule has 0 saturated heterocycles. The molecule has 0 fully saturated rings. The second kappa shape index (κ2) is 7.09. The number of benzene rings is 2. The molecule has 2 N–H and O–H groups in total. The number of amides is 2. The molecule has 0 aliphatic heterocycles. The van der Waals surface area contributed by atoms with E-state index < -0.39 is 17.4 Å². The fourth-order valence-electron chi connectivity index (χ4n) is 2.01. The van der Waals surface area contributed by atoms with Crippen molar-refractivity contribution < 1.29 is 13.9 Å². The third-order valence-corrected chi connectivity index (χ3v) is 3.45. The van der Waals surface area contributed by atoms with Crippen LogP contribution in [-0.4, -0.2) is 11.6 Å². The lowest BCUT2D eigenvalue weighted by atomic mass is 10.2. The van der Waals surface area contributed by atoms with E-state index in [9.17, 15) is 9.18 Å². The molecule has 0 aliphatic rings. The van der Waals surface area contributed by atoms with Crippen molar-refractivity contribution in [1.29, 1.82) is 0 Å². The number of carbonyl (C=O) groups is 1. The lowest BCUT2D eigenvalue weighted by molar-refractivity contribution is 0.124. The Labute approximate surface area is 146 Å². The second-order valence-electron chi connectivity index (χ2n) is 6.40. The number of hydrogen-bond acceptors (Lipinski definition) is 2. The van der Waals surface area contributed by atoms with Crippen LogP contribution in [0.3, 0.4) is 0 Å². The third-order valence-electron chi connectivity index (χ3n) is 3.02. The van der Waals surface area contributed by atoms with Crippen LogP contribution < -0.4 is 15.4 Å². The topological polar surface area (TPSA) is 50.4 Å². The third kappa shape index (κ3) is 5.13. The molecule has 6 heteroatoms. The Morgan fingerprint density at radius 3 is 2.21 bits per heavy atom. The lowest BCUT2D eigenvalue weighted by Gasteiger charge is -2.21. The van der Waals surface area contributed by atoms with Crippen LogP contribution in [0.25, 0.3) is 0 Å². The molecule has 2 aromatic carbocycles. The van der Waals surface area contributed by atoms with Crippen LogP contribution in [0.5, 0.6) is 5.75 Å². The van der Waals surface area contributed by atoms with Gasteiger partial charge in [0.05, 0.1) is 0 Å². The van der Waals surface area contributed by atoms with Crippen LogP contribution >= 0.6 is 11.6 Å². The summed E-state index contributed by atoms with van der Waals surface area (Å²) in [7, 11) is 0. The first kappa shape index (κ1) is 18.1. The van der Waals surface area contributed by atoms with E-state index in [1.54, 1.807) is 24.3 Å². The summed E-state index contributed by atoms with van der Waals surface area (Å²) >= 11 is 5.94. The van der Waals surface area contributed by atoms with Gasteiger partial charge in [0.25, 0.3) is 0 Å². The summed E-state index contributed by atoms with van der Waals surface area (Å²) in [5.74, 6) is -0.396. The summed E-state index contributed by atoms with van der Waals surface area (Å²) in [6.45, 7) is 7.34. The zero-order chi connectivity index (χ0) is 17.9. The highest BCUT2D eigenvalue weighted by molar-refractivity contribution is 6.31. The van der Waals surface area contributed by atoms with Crippen LogP contribution in [-0.2, 0) is 0 Å². The summed E-state index contributed by atoms with van der Waals surface area (Å²) in [6.07, 6.45) is 0. The van der Waals surface area contributed by atoms with Crippen molar-refractivity contribution in [1.82, 2.24) is 0 Å². The van der Waals surface area contributed by atoms with Gasteiger partial charge in [0, 0.05) is 22.5 Å². The second-order valence-corrected chi connectivity index (χ2v) is 6.81. The Kier molecular flexibility index (Phi) is 5.34. The van der Waals surface area contributed by atoms with E-state index in [1.165, 1.54) is 12.1 Å². The van der Waals surface area contributed by atoms with Crippen molar-refractivity contribution in [2.45, 2.75) is 33.3 Å². The number of aryl methyl sites for hydroxylation is 1. The molecule has 2 aromatic rings. The van der Waals surface area contributed by atoms with E-state index in [-0.39, 0.29) is 5.75 Å². The highest BCUT2D eigenvalue weighted by Gasteiger charge is 2.15. The number of nitrogens with one attached hydrogen (secondary N) is 2. The number of urea groups is 1. The van der Waals surface area contributed by atoms with E-state index in [0.717, 1.165) is 5.56 Å². The average Bonchev–Trinajstić information content (AvgIpc) is 2.44. The predicted molar refractivity (Wildman–Crippen MR) is 95.6 cm³/mol. The minimum absolute atomic E-state index is 0.141. The molecule has 2 rings (SSSR count). The maximum Gasteiger partial charge on any atom is 0.323 e. The Hall–Kier alpha value is -2.27. The molecule has 2 amide bonds. The van der Waals surface area contributed by atoms with Gasteiger partial charge < -0.3 is 15.4 Å². The monoisotopic (exact) mass is 350 g/mol. The number of halogens is 2. The summed E-state index contributed by atoms with van der Waals surface area (Å²) in [5.41, 5.74) is 1.28. The largest absolute Gasteiger partial charge is 0.485 e. The Bertz CT molecular complexity index is 757. The lowest BCUT2D eigenvalue weighted by Crippen LogP contribution is -2.23. The molecular formula is C18H20ClFN2O2. The molecule has 0 heterocycles. The molecule has 0 saturated carbocycles. The van der Waals surface area contributed by atoms with Gasteiger partial charge in [0.1, 0.15) is 5.60 Å². The minimum Gasteiger partial charge on any atom is -0.485 e. The number of anilines is 2. The normalized spacial score (nSPS) is 11.1. The summed E-state index contributed by atoms with van der Waals surface area (Å²) in [4.78, 5) is 12.0. The first-order valence-corrected chi connectivity index (χ1v) is 7.84. The maximum atomic E-state index is 14.0. The first-order chi connectivity index (χ1) is 11.1. The molecule has 0 aliphatic carbocycles. The molecule has 0 unspecified atom stereocenters. The number of carbonyl (C=O) groups excluding carboxylic acids is 1. The number of hydrogen-bond donors (Lipinski definition) is 2. The molecule has 0 atom stereocenters. The van der Waals surface area contributed by atoms with E-state index in [1.807, 2.05) is 27.7 Å². The smallest absolute Gasteiger partial charge is 0.323 e. The van der Waals surface area contributed by atoms with E-state index in [2.05, 4.69) is 10.6 Å². The van der Waals surface area contributed by atoms with Crippen molar-refractivity contribution in [2.24, 2.45) is 0 Å². The Balaban J connectivity index is 2.03. The van der Waals surface area contributed by atoms with Crippen LogP contribution in [0.15, 0.2) is 36.4 Å². The zero-order valence-electron chi connectivity index (χ0n) is 14.0. The summed E-state index contributed by atoms with van der Waals surface area (Å²) < 4.78 is 19.5. The van der Waals surface area contributed by atoms with Crippen molar-refractivity contribution in [3.8, 4) is 5.75 Å². The minimum atomic E-state index is -0.537. The zero-order valence-corrected chi connectivity index (χ0v) is 14.8. The quantitative estimate of drug-likeness (QED) is 0.756. The van der Waals surface area contributed by atoms with Gasteiger partial charge in [-0.2, -0.15) is 0 Å². The van der Waals surface area contributed by atoms with Gasteiger partial charge in [-0.05, 0) is 63.6 Å². The molecule has 128 valence electrons. The van der Waals surface area contributed by atoms with Gasteiger partial charge in [-0.25, -0.2) is 9.18 Å². The summed E-state index contributed by atoms with van der Waals surface area (Å²) in [5, 5.41) is 5.87. The number of ether oxygens (including phenoxy) is 1. The highest BCUT2D eigenvalue weighted by atomic mass is 35.5. The Morgan fingerprint density at radius 2 is 1.67 bits per heavy atom. The Morgan fingerprint density at radius 1 is 1.08 bits per heavy atom. The molecule has 0 spiro atoms. The molecule has 0 radical (unpaired) electrons. The van der Waals surface area contributed by atoms with Gasteiger partial charge in [0.15, 0.2) is 11.6 Å². The van der Waals surface area contributed by atoms with Crippen LogP contribution in [0, 0.1) is 12.7 Å². The fraction of sp³-hybridized carbons (Fsp3) is 0.278. The molecule has 24 heavy (non-hydrogen) atoms. The van der Waals surface area contributed by atoms with Gasteiger partial charge in [-0.1, -0.05) is 11.6 Å². The van der Waals surface area contributed by atoms with Crippen LogP contribution in [0.4, 0.5) is 20.6 Å². The highest BCUT2D eigenvalue weighted by Crippen LogP contribution is 2.25. The van der Waals surface area contributed by atoms with Gasteiger partial charge in [-0.3, -0.25) is 0 Å². The molecule has 4 nitrogen and oxygen atoms in total. The standard InChI is InChI=1S/C18H20ClFN2O2/c1-11-9-12(5-7-14(11)19)21-17(23)22-13-6-8-16(15(20)10-13)24-18(2,3)4/h5-10H,1-4H3,(H2,21,22,23). The SMILES string of the molecule is Cc1cc(NC(=O)Nc2ccc(OC(C)(C)C)c(F)c2)ccc1Cl. The van der Waals surface area contributed by atoms with Crippen molar-refractivity contribution in [3.63, 3.8) is 0 Å². The van der Waals surface area contributed by atoms with Crippen molar-refractivity contribution >= 4 is 29.0 Å². The maximum absolute atomic E-state index is 14.0. The van der Waals surface area contributed by atoms with Crippen molar-refractivity contribution in [3.05, 3.63) is 52.8 Å². The molecular weight excluding hydrogens is 331 g/mol. The van der Waals surface area contributed by atoms with Crippen LogP contribution in [0.2, 0.25) is 5.02 Å². The predicted octanol–water partition coefficient (Wildman–Crippen LogP) is 5.61. The van der Waals surface area contributed by atoms with Gasteiger partial charge >= 0.3 is 6.03 Å². The van der Waals surface area contributed by atoms with Gasteiger partial charge in [-0.15, -0.1) is 0 Å². The van der Waals surface area contributed by atoms with E-state index in [0.29, 0.717) is 16.4 Å². The van der Waals surface area contributed by atoms with Gasteiger partial charge in [0.2, 0.25) is 0 Å². The number of rotatable bonds is 3. The summed E-state index contributed by atoms with van der Waals surface area (Å²) in [6, 6.07) is 8.96. The first-order valence-electron chi connectivity index (χ1n) is 7.47. The molecule has 0 aromatic heterocycles. The van der Waals surface area contributed by atoms with E-state index >= 15 is 0 Å². The van der Waals surface area contributed by atoms with E-state index in [4.69, 9.17) is 16.3 Å². The van der Waals surface area contributed by atoms with Crippen LogP contribution in [0.1, 0.15) is 26.3 Å². The average molecular weight is 351 g/mol. The van der Waals surface area contributed by atoms with Crippen molar-refractivity contribution in [2.75, 3.05) is 10.6 Å².